The standard InChI is InChI=1S/C19H27N3O3S/c1-12(2)16(21-18(24)25-19(3,4)5)17(23)22(6)11-15-20-13-9-7-8-10-14(13)26-15/h7-10,12,16H,11H2,1-6H3,(H,21,24). The zero-order valence-corrected chi connectivity index (χ0v) is 17.0. The first-order valence-electron chi connectivity index (χ1n) is 8.66. The van der Waals surface area contributed by atoms with Gasteiger partial charge in [0.2, 0.25) is 5.91 Å². The second kappa shape index (κ2) is 8.03. The van der Waals surface area contributed by atoms with Gasteiger partial charge in [0, 0.05) is 7.05 Å². The number of carbonyl (C=O) groups is 2. The molecule has 0 fully saturated rings. The Morgan fingerprint density at radius 1 is 1.27 bits per heavy atom. The summed E-state index contributed by atoms with van der Waals surface area (Å²) in [4.78, 5) is 31.1. The third-order valence-corrected chi connectivity index (χ3v) is 4.71. The van der Waals surface area contributed by atoms with Crippen molar-refractivity contribution >= 4 is 33.6 Å². The number of fused-ring (bicyclic) bond motifs is 1. The average Bonchev–Trinajstić information content (AvgIpc) is 2.92. The first kappa shape index (κ1) is 20.2. The number of aromatic nitrogens is 1. The molecule has 0 saturated heterocycles. The minimum atomic E-state index is -0.649. The van der Waals surface area contributed by atoms with Crippen LogP contribution in [0.15, 0.2) is 24.3 Å². The summed E-state index contributed by atoms with van der Waals surface area (Å²) in [6.45, 7) is 9.56. The van der Waals surface area contributed by atoms with Gasteiger partial charge < -0.3 is 15.0 Å². The average molecular weight is 378 g/mol. The smallest absolute Gasteiger partial charge is 0.408 e. The molecule has 2 amide bonds. The first-order valence-corrected chi connectivity index (χ1v) is 9.47. The second-order valence-corrected chi connectivity index (χ2v) is 8.75. The van der Waals surface area contributed by atoms with Gasteiger partial charge >= 0.3 is 6.09 Å². The molecular formula is C19H27N3O3S. The van der Waals surface area contributed by atoms with E-state index in [1.807, 2.05) is 38.1 Å². The lowest BCUT2D eigenvalue weighted by Gasteiger charge is -2.28. The summed E-state index contributed by atoms with van der Waals surface area (Å²) >= 11 is 1.57. The Labute approximate surface area is 158 Å². The van der Waals surface area contributed by atoms with Crippen LogP contribution in [0.5, 0.6) is 0 Å². The SMILES string of the molecule is CC(C)C(NC(=O)OC(C)(C)C)C(=O)N(C)Cc1nc2ccccc2s1. The van der Waals surface area contributed by atoms with Gasteiger partial charge in [0.1, 0.15) is 16.7 Å². The van der Waals surface area contributed by atoms with Gasteiger partial charge in [-0.15, -0.1) is 11.3 Å². The third kappa shape index (κ3) is 5.42. The van der Waals surface area contributed by atoms with Gasteiger partial charge in [0.25, 0.3) is 0 Å². The molecule has 0 saturated carbocycles. The predicted molar refractivity (Wildman–Crippen MR) is 104 cm³/mol. The van der Waals surface area contributed by atoms with E-state index in [0.717, 1.165) is 15.2 Å². The first-order chi connectivity index (χ1) is 12.1. The molecule has 2 aromatic rings. The summed E-state index contributed by atoms with van der Waals surface area (Å²) < 4.78 is 6.37. The Hall–Kier alpha value is -2.15. The summed E-state index contributed by atoms with van der Waals surface area (Å²) in [5.74, 6) is -0.224. The van der Waals surface area contributed by atoms with Gasteiger partial charge in [-0.2, -0.15) is 0 Å². The minimum Gasteiger partial charge on any atom is -0.444 e. The maximum Gasteiger partial charge on any atom is 0.408 e. The molecule has 1 aromatic heterocycles. The Kier molecular flexibility index (Phi) is 6.23. The largest absolute Gasteiger partial charge is 0.444 e. The van der Waals surface area contributed by atoms with Crippen molar-refractivity contribution in [3.63, 3.8) is 0 Å². The van der Waals surface area contributed by atoms with Crippen molar-refractivity contribution in [1.29, 1.82) is 0 Å². The van der Waals surface area contributed by atoms with E-state index in [4.69, 9.17) is 4.74 Å². The van der Waals surface area contributed by atoms with Gasteiger partial charge in [0.15, 0.2) is 0 Å². The number of ether oxygens (including phenoxy) is 1. The van der Waals surface area contributed by atoms with Gasteiger partial charge in [-0.1, -0.05) is 26.0 Å². The quantitative estimate of drug-likeness (QED) is 0.860. The molecule has 1 aromatic carbocycles. The Bertz CT molecular complexity index is 747. The van der Waals surface area contributed by atoms with Crippen molar-refractivity contribution < 1.29 is 14.3 Å². The normalized spacial score (nSPS) is 12.9. The van der Waals surface area contributed by atoms with Crippen LogP contribution in [-0.2, 0) is 16.1 Å². The van der Waals surface area contributed by atoms with Crippen LogP contribution in [0.1, 0.15) is 39.6 Å². The highest BCUT2D eigenvalue weighted by Crippen LogP contribution is 2.22. The Morgan fingerprint density at radius 2 is 1.92 bits per heavy atom. The number of likely N-dealkylation sites (N-methyl/N-ethyl adjacent to an activating group) is 1. The van der Waals surface area contributed by atoms with Crippen LogP contribution in [0.4, 0.5) is 4.79 Å². The molecular weight excluding hydrogens is 350 g/mol. The summed E-state index contributed by atoms with van der Waals surface area (Å²) in [7, 11) is 1.72. The lowest BCUT2D eigenvalue weighted by molar-refractivity contribution is -0.133. The number of hydrogen-bond acceptors (Lipinski definition) is 5. The summed E-state index contributed by atoms with van der Waals surface area (Å²) in [5.41, 5.74) is 0.322. The van der Waals surface area contributed by atoms with Crippen molar-refractivity contribution in [1.82, 2.24) is 15.2 Å². The molecule has 0 aliphatic rings. The third-order valence-electron chi connectivity index (χ3n) is 3.69. The van der Waals surface area contributed by atoms with E-state index in [-0.39, 0.29) is 11.8 Å². The van der Waals surface area contributed by atoms with Crippen LogP contribution in [0, 0.1) is 5.92 Å². The second-order valence-electron chi connectivity index (χ2n) is 7.64. The van der Waals surface area contributed by atoms with Gasteiger partial charge in [-0.3, -0.25) is 4.79 Å². The van der Waals surface area contributed by atoms with Crippen molar-refractivity contribution in [2.45, 2.75) is 52.8 Å². The molecule has 0 bridgehead atoms. The van der Waals surface area contributed by atoms with E-state index in [1.54, 1.807) is 44.1 Å². The lowest BCUT2D eigenvalue weighted by atomic mass is 10.0. The molecule has 0 radical (unpaired) electrons. The number of hydrogen-bond donors (Lipinski definition) is 1. The lowest BCUT2D eigenvalue weighted by Crippen LogP contribution is -2.51. The topological polar surface area (TPSA) is 71.5 Å². The van der Waals surface area contributed by atoms with E-state index >= 15 is 0 Å². The van der Waals surface area contributed by atoms with E-state index in [2.05, 4.69) is 10.3 Å². The number of nitrogens with zero attached hydrogens (tertiary/aromatic N) is 2. The molecule has 0 aliphatic carbocycles. The van der Waals surface area contributed by atoms with Crippen molar-refractivity contribution in [3.8, 4) is 0 Å². The van der Waals surface area contributed by atoms with Gasteiger partial charge in [0.05, 0.1) is 16.8 Å². The zero-order chi connectivity index (χ0) is 19.5. The fourth-order valence-corrected chi connectivity index (χ4v) is 3.47. The summed E-state index contributed by atoms with van der Waals surface area (Å²) in [6, 6.07) is 7.24. The number of thiazole rings is 1. The van der Waals surface area contributed by atoms with Crippen molar-refractivity contribution in [2.75, 3.05) is 7.05 Å². The molecule has 26 heavy (non-hydrogen) atoms. The molecule has 142 valence electrons. The van der Waals surface area contributed by atoms with E-state index < -0.39 is 17.7 Å². The van der Waals surface area contributed by atoms with Crippen LogP contribution >= 0.6 is 11.3 Å². The molecule has 1 heterocycles. The highest BCUT2D eigenvalue weighted by Gasteiger charge is 2.29. The van der Waals surface area contributed by atoms with Crippen LogP contribution in [0.3, 0.4) is 0 Å². The number of rotatable bonds is 5. The van der Waals surface area contributed by atoms with Crippen molar-refractivity contribution in [2.24, 2.45) is 5.92 Å². The summed E-state index contributed by atoms with van der Waals surface area (Å²) in [6.07, 6.45) is -0.585. The molecule has 6 nitrogen and oxygen atoms in total. The van der Waals surface area contributed by atoms with Crippen LogP contribution in [-0.4, -0.2) is 40.6 Å². The molecule has 7 heteroatoms. The van der Waals surface area contributed by atoms with E-state index in [9.17, 15) is 9.59 Å². The predicted octanol–water partition coefficient (Wildman–Crippen LogP) is 3.80. The number of benzene rings is 1. The molecule has 2 rings (SSSR count). The van der Waals surface area contributed by atoms with Gasteiger partial charge in [-0.05, 0) is 38.8 Å². The zero-order valence-electron chi connectivity index (χ0n) is 16.2. The molecule has 0 aliphatic heterocycles. The number of para-hydroxylation sites is 1. The Morgan fingerprint density at radius 3 is 2.50 bits per heavy atom. The molecule has 1 atom stereocenters. The minimum absolute atomic E-state index is 0.0622. The highest BCUT2D eigenvalue weighted by atomic mass is 32.1. The van der Waals surface area contributed by atoms with E-state index in [1.165, 1.54) is 0 Å². The number of nitrogens with one attached hydrogen (secondary N) is 1. The molecule has 1 unspecified atom stereocenters. The fourth-order valence-electron chi connectivity index (χ4n) is 2.45. The maximum absolute atomic E-state index is 12.8. The fraction of sp³-hybridized carbons (Fsp3) is 0.526. The number of alkyl carbamates (subject to hydrolysis) is 1. The maximum atomic E-state index is 12.8. The summed E-state index contributed by atoms with van der Waals surface area (Å²) in [5, 5.41) is 3.56. The molecule has 1 N–H and O–H groups in total. The van der Waals surface area contributed by atoms with Gasteiger partial charge in [-0.25, -0.2) is 9.78 Å². The van der Waals surface area contributed by atoms with Crippen LogP contribution < -0.4 is 5.32 Å². The monoisotopic (exact) mass is 377 g/mol. The van der Waals surface area contributed by atoms with Crippen LogP contribution in [0.25, 0.3) is 10.2 Å². The van der Waals surface area contributed by atoms with Crippen molar-refractivity contribution in [3.05, 3.63) is 29.3 Å². The Balaban J connectivity index is 2.06. The highest BCUT2D eigenvalue weighted by molar-refractivity contribution is 7.18. The van der Waals surface area contributed by atoms with Crippen LogP contribution in [0.2, 0.25) is 0 Å². The molecule has 0 spiro atoms. The number of carbonyl (C=O) groups excluding carboxylic acids is 2. The number of amides is 2. The van der Waals surface area contributed by atoms with E-state index in [0.29, 0.717) is 6.54 Å².